The molecule has 1 heterocycles. The third kappa shape index (κ3) is 18.5. The zero-order valence-corrected chi connectivity index (χ0v) is 27.8. The zero-order valence-electron chi connectivity index (χ0n) is 26.1. The number of carbonyl (C=O) groups is 2. The van der Waals surface area contributed by atoms with E-state index in [1.807, 2.05) is 13.8 Å². The van der Waals surface area contributed by atoms with Gasteiger partial charge in [-0.05, 0) is 70.9 Å². The normalized spacial score (nSPS) is 13.5. The van der Waals surface area contributed by atoms with Crippen LogP contribution in [0.15, 0.2) is 91.2 Å². The number of pyridine rings is 1. The minimum Gasteiger partial charge on any atom is -0.396 e. The number of nitrogens with two attached hydrogens (primary N) is 1. The van der Waals surface area contributed by atoms with Crippen molar-refractivity contribution in [1.82, 2.24) is 10.3 Å². The molecular formula is C35H51N3O3S2. The summed E-state index contributed by atoms with van der Waals surface area (Å²) in [7, 11) is 3.22. The highest BCUT2D eigenvalue weighted by atomic mass is 33.1. The molecule has 0 aliphatic carbocycles. The van der Waals surface area contributed by atoms with E-state index in [1.165, 1.54) is 0 Å². The number of nitrogens with zero attached hydrogens (tertiary/aromatic N) is 1. The van der Waals surface area contributed by atoms with Gasteiger partial charge in [0.25, 0.3) is 5.91 Å². The lowest BCUT2D eigenvalue weighted by Gasteiger charge is -2.32. The molecule has 1 rings (SSSR count). The lowest BCUT2D eigenvalue weighted by Crippen LogP contribution is -2.31. The molecule has 4 N–H and O–H groups in total. The van der Waals surface area contributed by atoms with Crippen molar-refractivity contribution in [3.63, 3.8) is 0 Å². The van der Waals surface area contributed by atoms with E-state index in [2.05, 4.69) is 90.1 Å². The van der Waals surface area contributed by atoms with Crippen molar-refractivity contribution in [3.8, 4) is 0 Å². The maximum Gasteiger partial charge on any atom is 0.250 e. The van der Waals surface area contributed by atoms with Gasteiger partial charge in [-0.1, -0.05) is 101 Å². The summed E-state index contributed by atoms with van der Waals surface area (Å²) in [6, 6.07) is 3.30. The Bertz CT molecular complexity index is 1110. The minimum absolute atomic E-state index is 0.0391. The van der Waals surface area contributed by atoms with Crippen LogP contribution in [0.1, 0.15) is 94.1 Å². The van der Waals surface area contributed by atoms with E-state index in [0.717, 1.165) is 50.7 Å². The third-order valence-electron chi connectivity index (χ3n) is 6.37. The number of hydrogen-bond acceptors (Lipinski definition) is 6. The predicted molar refractivity (Wildman–Crippen MR) is 187 cm³/mol. The van der Waals surface area contributed by atoms with Crippen LogP contribution in [0.2, 0.25) is 0 Å². The summed E-state index contributed by atoms with van der Waals surface area (Å²) in [4.78, 5) is 28.3. The second-order valence-corrected chi connectivity index (χ2v) is 13.4. The number of amides is 2. The molecular weight excluding hydrogens is 575 g/mol. The van der Waals surface area contributed by atoms with E-state index in [1.54, 1.807) is 39.9 Å². The number of allylic oxidation sites excluding steroid dienone is 12. The first kappa shape index (κ1) is 38.2. The van der Waals surface area contributed by atoms with E-state index in [0.29, 0.717) is 24.2 Å². The highest BCUT2D eigenvalue weighted by Gasteiger charge is 2.34. The monoisotopic (exact) mass is 625 g/mol. The van der Waals surface area contributed by atoms with Crippen LogP contribution in [0, 0.1) is 0 Å². The Morgan fingerprint density at radius 2 is 1.47 bits per heavy atom. The summed E-state index contributed by atoms with van der Waals surface area (Å²) in [5.74, 6) is -0.147. The Labute approximate surface area is 267 Å². The summed E-state index contributed by atoms with van der Waals surface area (Å²) in [5, 5.41) is 13.0. The number of carbonyl (C=O) groups excluding carboxylic acids is 2. The number of hydrogen-bond donors (Lipinski definition) is 3. The van der Waals surface area contributed by atoms with Crippen molar-refractivity contribution in [2.45, 2.75) is 82.8 Å². The highest BCUT2D eigenvalue weighted by molar-refractivity contribution is 8.77. The second-order valence-electron chi connectivity index (χ2n) is 10.3. The van der Waals surface area contributed by atoms with Crippen molar-refractivity contribution in [2.75, 3.05) is 18.9 Å². The van der Waals surface area contributed by atoms with Gasteiger partial charge in [0.2, 0.25) is 5.91 Å². The van der Waals surface area contributed by atoms with Gasteiger partial charge in [-0.2, -0.15) is 0 Å². The first-order valence-electron chi connectivity index (χ1n) is 15.2. The highest BCUT2D eigenvalue weighted by Crippen LogP contribution is 2.45. The molecule has 0 bridgehead atoms. The molecule has 0 aromatic carbocycles. The second kappa shape index (κ2) is 24.6. The van der Waals surface area contributed by atoms with Crippen LogP contribution < -0.4 is 11.1 Å². The van der Waals surface area contributed by atoms with Crippen molar-refractivity contribution in [2.24, 2.45) is 5.73 Å². The molecule has 0 radical (unpaired) electrons. The van der Waals surface area contributed by atoms with Crippen LogP contribution in [0.4, 0.5) is 0 Å². The Kier molecular flexibility index (Phi) is 21.9. The summed E-state index contributed by atoms with van der Waals surface area (Å²) in [5.41, 5.74) is 6.35. The summed E-state index contributed by atoms with van der Waals surface area (Å²) < 4.78 is -0.405. The Hall–Kier alpha value is -2.81. The first-order chi connectivity index (χ1) is 20.8. The van der Waals surface area contributed by atoms with Gasteiger partial charge in [-0.15, -0.1) is 0 Å². The minimum atomic E-state index is -0.554. The van der Waals surface area contributed by atoms with Gasteiger partial charge >= 0.3 is 0 Å². The molecule has 8 heteroatoms. The molecule has 1 aromatic rings. The molecule has 43 heavy (non-hydrogen) atoms. The average molecular weight is 626 g/mol. The molecule has 236 valence electrons. The van der Waals surface area contributed by atoms with E-state index in [9.17, 15) is 14.7 Å². The number of primary amides is 1. The number of aromatic nitrogens is 1. The summed E-state index contributed by atoms with van der Waals surface area (Å²) >= 11 is 0. The molecule has 0 saturated heterocycles. The average Bonchev–Trinajstić information content (AvgIpc) is 2.98. The van der Waals surface area contributed by atoms with Gasteiger partial charge in [-0.25, -0.2) is 0 Å². The molecule has 0 spiro atoms. The van der Waals surface area contributed by atoms with Crippen molar-refractivity contribution >= 4 is 33.4 Å². The number of aliphatic hydroxyl groups is 1. The molecule has 0 fully saturated rings. The number of rotatable bonds is 23. The van der Waals surface area contributed by atoms with Crippen molar-refractivity contribution < 1.29 is 14.7 Å². The molecule has 0 saturated carbocycles. The predicted octanol–water partition coefficient (Wildman–Crippen LogP) is 8.01. The van der Waals surface area contributed by atoms with Crippen LogP contribution >= 0.6 is 21.6 Å². The molecule has 1 atom stereocenters. The standard InChI is InChI=1S/C35H51N3O3S2/c1-4-5-6-7-8-9-10-11-12-13-14-15-16-17-18-19-20-21-22-25-32(40)37-27-28-42-43-35(2,3)31(29-39)33-30(34(36)41)24-23-26-38-33/h5-6,8-9,11-12,14-15,17-18,20-21,23-24,26,31,39H,4,7,10,13,16,19,22,25,27-29H2,1-3H3,(H2,36,41)(H,37,40)/b6-5-,9-8-,12-11-,15-14-,18-17-,21-20-/t31-/m0/s1. The molecule has 0 aliphatic rings. The van der Waals surface area contributed by atoms with E-state index in [-0.39, 0.29) is 18.4 Å². The third-order valence-corrected chi connectivity index (χ3v) is 9.72. The fourth-order valence-electron chi connectivity index (χ4n) is 3.97. The van der Waals surface area contributed by atoms with Crippen LogP contribution in [0.5, 0.6) is 0 Å². The molecule has 0 aliphatic heterocycles. The van der Waals surface area contributed by atoms with Gasteiger partial charge in [0.05, 0.1) is 17.9 Å². The van der Waals surface area contributed by atoms with Crippen LogP contribution in [0.3, 0.4) is 0 Å². The van der Waals surface area contributed by atoms with Crippen LogP contribution in [-0.2, 0) is 4.79 Å². The Morgan fingerprint density at radius 3 is 1.98 bits per heavy atom. The SMILES string of the molecule is CC/C=C\C/C=C\C/C=C\C/C=C\C/C=C\C/C=C\CCC(=O)NCCSSC(C)(C)[C@@H](CO)c1ncccc1C(N)=O. The smallest absolute Gasteiger partial charge is 0.250 e. The Morgan fingerprint density at radius 1 is 0.930 bits per heavy atom. The molecule has 6 nitrogen and oxygen atoms in total. The fraction of sp³-hybridized carbons (Fsp3) is 0.457. The summed E-state index contributed by atoms with van der Waals surface area (Å²) in [6.07, 6.45) is 34.7. The van der Waals surface area contributed by atoms with Gasteiger partial charge in [-0.3, -0.25) is 14.6 Å². The van der Waals surface area contributed by atoms with Crippen LogP contribution in [0.25, 0.3) is 0 Å². The van der Waals surface area contributed by atoms with E-state index >= 15 is 0 Å². The maximum absolute atomic E-state index is 12.1. The largest absolute Gasteiger partial charge is 0.396 e. The summed E-state index contributed by atoms with van der Waals surface area (Å²) in [6.45, 7) is 6.58. The zero-order chi connectivity index (χ0) is 31.6. The van der Waals surface area contributed by atoms with E-state index < -0.39 is 10.7 Å². The quantitative estimate of drug-likeness (QED) is 0.0646. The van der Waals surface area contributed by atoms with Crippen molar-refractivity contribution in [1.29, 1.82) is 0 Å². The lowest BCUT2D eigenvalue weighted by atomic mass is 9.89. The fourth-order valence-corrected chi connectivity index (χ4v) is 6.60. The molecule has 2 amide bonds. The van der Waals surface area contributed by atoms with Crippen molar-refractivity contribution in [3.05, 3.63) is 102 Å². The maximum atomic E-state index is 12.1. The van der Waals surface area contributed by atoms with Crippen LogP contribution in [-0.4, -0.2) is 45.6 Å². The number of aliphatic hydroxyl groups excluding tert-OH is 1. The van der Waals surface area contributed by atoms with Gasteiger partial charge in [0.1, 0.15) is 0 Å². The van der Waals surface area contributed by atoms with E-state index in [4.69, 9.17) is 5.73 Å². The van der Waals surface area contributed by atoms with Gasteiger partial charge in [0, 0.05) is 35.6 Å². The first-order valence-corrected chi connectivity index (χ1v) is 17.5. The molecule has 1 aromatic heterocycles. The lowest BCUT2D eigenvalue weighted by molar-refractivity contribution is -0.120. The molecule has 0 unspecified atom stereocenters. The van der Waals surface area contributed by atoms with Gasteiger partial charge in [0.15, 0.2) is 0 Å². The Balaban J connectivity index is 2.15. The number of nitrogens with one attached hydrogen (secondary N) is 1. The van der Waals surface area contributed by atoms with Gasteiger partial charge < -0.3 is 16.2 Å². The topological polar surface area (TPSA) is 105 Å².